The molecule has 1 amide bonds. The van der Waals surface area contributed by atoms with Gasteiger partial charge in [0, 0.05) is 24.6 Å². The summed E-state index contributed by atoms with van der Waals surface area (Å²) in [6, 6.07) is 5.91. The van der Waals surface area contributed by atoms with Crippen molar-refractivity contribution in [2.45, 2.75) is 45.7 Å². The summed E-state index contributed by atoms with van der Waals surface area (Å²) < 4.78 is 1.83. The number of likely N-dealkylation sites (tertiary alicyclic amines) is 1. The largest absolute Gasteiger partial charge is 0.334 e. The van der Waals surface area contributed by atoms with Crippen LogP contribution in [0.1, 0.15) is 48.8 Å². The maximum absolute atomic E-state index is 12.9. The highest BCUT2D eigenvalue weighted by molar-refractivity contribution is 5.80. The number of nitrogens with zero attached hydrogens (tertiary/aromatic N) is 4. The van der Waals surface area contributed by atoms with E-state index in [0.29, 0.717) is 0 Å². The van der Waals surface area contributed by atoms with Crippen LogP contribution in [0, 0.1) is 13.8 Å². The van der Waals surface area contributed by atoms with Crippen LogP contribution in [0.25, 0.3) is 0 Å². The lowest BCUT2D eigenvalue weighted by molar-refractivity contribution is -0.135. The van der Waals surface area contributed by atoms with Crippen molar-refractivity contribution in [2.24, 2.45) is 0 Å². The second-order valence-corrected chi connectivity index (χ2v) is 6.02. The van der Waals surface area contributed by atoms with Crippen molar-refractivity contribution in [3.05, 3.63) is 47.5 Å². The fourth-order valence-corrected chi connectivity index (χ4v) is 3.35. The fourth-order valence-electron chi connectivity index (χ4n) is 3.35. The number of carbonyl (C=O) groups excluding carboxylic acids is 1. The number of carbonyl (C=O) groups is 1. The minimum Gasteiger partial charge on any atom is -0.334 e. The molecule has 5 heteroatoms. The lowest BCUT2D eigenvalue weighted by Gasteiger charge is -2.28. The number of hydrogen-bond donors (Lipinski definition) is 0. The first kappa shape index (κ1) is 14.8. The molecular formula is C17H22N4O. The maximum atomic E-state index is 12.9. The molecule has 3 rings (SSSR count). The minimum atomic E-state index is -0.267. The van der Waals surface area contributed by atoms with Crippen LogP contribution in [0.5, 0.6) is 0 Å². The summed E-state index contributed by atoms with van der Waals surface area (Å²) in [6.45, 7) is 6.70. The highest BCUT2D eigenvalue weighted by atomic mass is 16.2. The molecule has 1 aliphatic rings. The Hall–Kier alpha value is -2.17. The summed E-state index contributed by atoms with van der Waals surface area (Å²) in [5.41, 5.74) is 3.14. The van der Waals surface area contributed by atoms with E-state index in [1.807, 2.05) is 48.6 Å². The fraction of sp³-hybridized carbons (Fsp3) is 0.471. The normalized spacial score (nSPS) is 19.4. The van der Waals surface area contributed by atoms with Gasteiger partial charge < -0.3 is 4.90 Å². The van der Waals surface area contributed by atoms with E-state index < -0.39 is 0 Å². The summed E-state index contributed by atoms with van der Waals surface area (Å²) in [5, 5.41) is 4.46. The molecule has 0 aromatic carbocycles. The lowest BCUT2D eigenvalue weighted by atomic mass is 10.1. The van der Waals surface area contributed by atoms with Gasteiger partial charge in [-0.15, -0.1) is 0 Å². The standard InChI is InChI=1S/C17H22N4O/c1-12-11-13(2)21(19-12)14(3)17(22)20-10-4-5-16(20)15-6-8-18-9-7-15/h6-9,11,14,16H,4-5,10H2,1-3H3/t14-,16+/m1/s1. The van der Waals surface area contributed by atoms with Crippen molar-refractivity contribution in [2.75, 3.05) is 6.54 Å². The van der Waals surface area contributed by atoms with Crippen LogP contribution in [0.3, 0.4) is 0 Å². The molecule has 22 heavy (non-hydrogen) atoms. The second-order valence-electron chi connectivity index (χ2n) is 6.02. The van der Waals surface area contributed by atoms with Crippen LogP contribution in [-0.2, 0) is 4.79 Å². The van der Waals surface area contributed by atoms with Gasteiger partial charge in [0.25, 0.3) is 0 Å². The molecule has 0 aliphatic carbocycles. The van der Waals surface area contributed by atoms with Gasteiger partial charge in [0.1, 0.15) is 6.04 Å². The molecule has 1 saturated heterocycles. The summed E-state index contributed by atoms with van der Waals surface area (Å²) in [5.74, 6) is 0.144. The summed E-state index contributed by atoms with van der Waals surface area (Å²) in [7, 11) is 0. The second kappa shape index (κ2) is 5.91. The first-order valence-electron chi connectivity index (χ1n) is 7.81. The van der Waals surface area contributed by atoms with Gasteiger partial charge in [-0.05, 0) is 57.4 Å². The average molecular weight is 298 g/mol. The third-order valence-corrected chi connectivity index (χ3v) is 4.40. The van der Waals surface area contributed by atoms with Gasteiger partial charge in [-0.2, -0.15) is 5.10 Å². The Morgan fingerprint density at radius 1 is 1.32 bits per heavy atom. The molecule has 0 saturated carbocycles. The van der Waals surface area contributed by atoms with E-state index in [4.69, 9.17) is 0 Å². The molecule has 0 radical (unpaired) electrons. The maximum Gasteiger partial charge on any atom is 0.247 e. The van der Waals surface area contributed by atoms with E-state index in [0.717, 1.165) is 30.8 Å². The molecule has 2 aromatic rings. The van der Waals surface area contributed by atoms with Gasteiger partial charge >= 0.3 is 0 Å². The zero-order valence-electron chi connectivity index (χ0n) is 13.4. The SMILES string of the molecule is Cc1cc(C)n([C@H](C)C(=O)N2CCC[C@H]2c2ccncc2)n1. The molecule has 3 heterocycles. The van der Waals surface area contributed by atoms with E-state index >= 15 is 0 Å². The molecular weight excluding hydrogens is 276 g/mol. The highest BCUT2D eigenvalue weighted by Crippen LogP contribution is 2.33. The molecule has 116 valence electrons. The van der Waals surface area contributed by atoms with Gasteiger partial charge in [0.05, 0.1) is 11.7 Å². The lowest BCUT2D eigenvalue weighted by Crippen LogP contribution is -2.36. The van der Waals surface area contributed by atoms with Gasteiger partial charge in [-0.3, -0.25) is 14.5 Å². The molecule has 0 spiro atoms. The zero-order valence-corrected chi connectivity index (χ0v) is 13.4. The van der Waals surface area contributed by atoms with Gasteiger partial charge in [0.2, 0.25) is 5.91 Å². The monoisotopic (exact) mass is 298 g/mol. The van der Waals surface area contributed by atoms with Crippen molar-refractivity contribution in [1.82, 2.24) is 19.7 Å². The Morgan fingerprint density at radius 3 is 2.68 bits per heavy atom. The van der Waals surface area contributed by atoms with Crippen LogP contribution in [0.2, 0.25) is 0 Å². The smallest absolute Gasteiger partial charge is 0.247 e. The van der Waals surface area contributed by atoms with Crippen molar-refractivity contribution in [3.8, 4) is 0 Å². The zero-order chi connectivity index (χ0) is 15.7. The predicted octanol–water partition coefficient (Wildman–Crippen LogP) is 2.82. The van der Waals surface area contributed by atoms with Crippen molar-refractivity contribution in [3.63, 3.8) is 0 Å². The molecule has 0 bridgehead atoms. The number of amides is 1. The minimum absolute atomic E-state index is 0.144. The molecule has 0 N–H and O–H groups in total. The molecule has 1 fully saturated rings. The summed E-state index contributed by atoms with van der Waals surface area (Å²) in [4.78, 5) is 19.0. The van der Waals surface area contributed by atoms with Crippen LogP contribution in [0.15, 0.2) is 30.6 Å². The van der Waals surface area contributed by atoms with E-state index in [9.17, 15) is 4.79 Å². The molecule has 0 unspecified atom stereocenters. The molecule has 2 atom stereocenters. The topological polar surface area (TPSA) is 51.0 Å². The Bertz CT molecular complexity index is 665. The Labute approximate surface area is 131 Å². The Kier molecular flexibility index (Phi) is 3.96. The van der Waals surface area contributed by atoms with Gasteiger partial charge in [-0.1, -0.05) is 0 Å². The number of pyridine rings is 1. The number of aryl methyl sites for hydroxylation is 2. The number of hydrogen-bond acceptors (Lipinski definition) is 3. The Morgan fingerprint density at radius 2 is 2.05 bits per heavy atom. The van der Waals surface area contributed by atoms with E-state index in [1.165, 1.54) is 5.56 Å². The summed E-state index contributed by atoms with van der Waals surface area (Å²) in [6.07, 6.45) is 5.64. The highest BCUT2D eigenvalue weighted by Gasteiger charge is 2.33. The number of rotatable bonds is 3. The molecule has 5 nitrogen and oxygen atoms in total. The molecule has 2 aromatic heterocycles. The van der Waals surface area contributed by atoms with Crippen LogP contribution < -0.4 is 0 Å². The van der Waals surface area contributed by atoms with Crippen LogP contribution >= 0.6 is 0 Å². The third kappa shape index (κ3) is 2.63. The Balaban J connectivity index is 1.83. The molecule has 1 aliphatic heterocycles. The number of aromatic nitrogens is 3. The van der Waals surface area contributed by atoms with Gasteiger partial charge in [0.15, 0.2) is 0 Å². The average Bonchev–Trinajstić information content (AvgIpc) is 3.13. The first-order chi connectivity index (χ1) is 10.6. The van der Waals surface area contributed by atoms with E-state index in [-0.39, 0.29) is 18.0 Å². The van der Waals surface area contributed by atoms with E-state index in [2.05, 4.69) is 10.1 Å². The summed E-state index contributed by atoms with van der Waals surface area (Å²) >= 11 is 0. The third-order valence-electron chi connectivity index (χ3n) is 4.40. The van der Waals surface area contributed by atoms with Gasteiger partial charge in [-0.25, -0.2) is 0 Å². The van der Waals surface area contributed by atoms with Crippen LogP contribution in [0.4, 0.5) is 0 Å². The van der Waals surface area contributed by atoms with Crippen molar-refractivity contribution < 1.29 is 4.79 Å². The quantitative estimate of drug-likeness (QED) is 0.875. The first-order valence-corrected chi connectivity index (χ1v) is 7.81. The van der Waals surface area contributed by atoms with Crippen molar-refractivity contribution >= 4 is 5.91 Å². The van der Waals surface area contributed by atoms with E-state index in [1.54, 1.807) is 12.4 Å². The predicted molar refractivity (Wildman–Crippen MR) is 84.3 cm³/mol. The van der Waals surface area contributed by atoms with Crippen molar-refractivity contribution in [1.29, 1.82) is 0 Å². The van der Waals surface area contributed by atoms with Crippen LogP contribution in [-0.4, -0.2) is 32.1 Å².